The predicted molar refractivity (Wildman–Crippen MR) is 65.4 cm³/mol. The van der Waals surface area contributed by atoms with E-state index in [-0.39, 0.29) is 4.77 Å². The minimum atomic E-state index is -2.38. The summed E-state index contributed by atoms with van der Waals surface area (Å²) in [5, 5.41) is 29.0. The summed E-state index contributed by atoms with van der Waals surface area (Å²) in [5.41, 5.74) is 2.86. The number of halogens is 2. The molecule has 20 heavy (non-hydrogen) atoms. The Kier molecular flexibility index (Phi) is 4.02. The lowest BCUT2D eigenvalue weighted by Crippen LogP contribution is -2.49. The van der Waals surface area contributed by atoms with Gasteiger partial charge in [-0.3, -0.25) is 4.57 Å². The fourth-order valence-electron chi connectivity index (χ4n) is 2.05. The molecule has 1 aliphatic heterocycles. The maximum atomic E-state index is 13.4. The van der Waals surface area contributed by atoms with Gasteiger partial charge in [0.25, 0.3) is 0 Å². The van der Waals surface area contributed by atoms with Crippen molar-refractivity contribution < 1.29 is 28.8 Å². The molecule has 0 amide bonds. The van der Waals surface area contributed by atoms with Crippen LogP contribution in [0.4, 0.5) is 14.6 Å². The van der Waals surface area contributed by atoms with Gasteiger partial charge in [0, 0.05) is 6.20 Å². The number of aliphatic hydroxyl groups is 3. The summed E-state index contributed by atoms with van der Waals surface area (Å²) in [6, 6.07) is 0. The second kappa shape index (κ2) is 5.30. The van der Waals surface area contributed by atoms with Crippen LogP contribution in [-0.4, -0.2) is 56.0 Å². The average Bonchev–Trinajstić information content (AvgIpc) is 2.67. The maximum Gasteiger partial charge on any atom is 0.203 e. The Hall–Kier alpha value is -1.20. The van der Waals surface area contributed by atoms with Crippen LogP contribution in [0.1, 0.15) is 6.23 Å². The predicted octanol–water partition coefficient (Wildman–Crippen LogP) is -0.715. The highest BCUT2D eigenvalue weighted by atomic mass is 32.1. The third-order valence-corrected chi connectivity index (χ3v) is 3.48. The topological polar surface area (TPSA) is 114 Å². The molecule has 112 valence electrons. The standard InChI is InChI=1S/C10H13F2N3O4S/c11-3-10(18)6(17)5(2-16)19-8(10)15-1-4(12)7(13)14-9(15)20/h1,5-6,8,16-18H,2-3H2,(H2,13,14,20)/t5-,6?,8-,10-/m1/s1. The van der Waals surface area contributed by atoms with E-state index < -0.39 is 49.0 Å². The van der Waals surface area contributed by atoms with Crippen LogP contribution in [0.5, 0.6) is 0 Å². The number of ether oxygens (including phenoxy) is 1. The number of nitrogens with two attached hydrogens (primary N) is 1. The Balaban J connectivity index is 2.51. The molecule has 0 radical (unpaired) electrons. The van der Waals surface area contributed by atoms with E-state index in [0.717, 1.165) is 10.8 Å². The van der Waals surface area contributed by atoms with Crippen LogP contribution in [0.25, 0.3) is 0 Å². The monoisotopic (exact) mass is 309 g/mol. The number of nitrogens with zero attached hydrogens (tertiary/aromatic N) is 2. The SMILES string of the molecule is Nc1nc(=S)n([C@@H]2O[C@H](CO)C(O)[C@]2(O)CF)cc1F. The maximum absolute atomic E-state index is 13.4. The van der Waals surface area contributed by atoms with Gasteiger partial charge in [0.05, 0.1) is 6.61 Å². The van der Waals surface area contributed by atoms with Crippen LogP contribution < -0.4 is 5.73 Å². The van der Waals surface area contributed by atoms with Gasteiger partial charge < -0.3 is 25.8 Å². The van der Waals surface area contributed by atoms with E-state index in [9.17, 15) is 19.0 Å². The van der Waals surface area contributed by atoms with Crippen molar-refractivity contribution in [1.29, 1.82) is 0 Å². The number of hydrogen-bond acceptors (Lipinski definition) is 7. The zero-order valence-corrected chi connectivity index (χ0v) is 10.9. The minimum absolute atomic E-state index is 0.258. The zero-order valence-electron chi connectivity index (χ0n) is 10.1. The second-order valence-corrected chi connectivity index (χ2v) is 4.81. The van der Waals surface area contributed by atoms with Crippen molar-refractivity contribution in [1.82, 2.24) is 9.55 Å². The third kappa shape index (κ3) is 2.19. The van der Waals surface area contributed by atoms with Gasteiger partial charge in [-0.15, -0.1) is 0 Å². The molecule has 7 nitrogen and oxygen atoms in total. The summed E-state index contributed by atoms with van der Waals surface area (Å²) in [7, 11) is 0. The first kappa shape index (κ1) is 15.2. The molecule has 1 fully saturated rings. The second-order valence-electron chi connectivity index (χ2n) is 4.44. The molecule has 0 spiro atoms. The first-order valence-corrected chi connectivity index (χ1v) is 6.03. The molecule has 0 aromatic carbocycles. The molecule has 1 saturated heterocycles. The summed E-state index contributed by atoms with van der Waals surface area (Å²) in [5.74, 6) is -1.39. The van der Waals surface area contributed by atoms with E-state index in [1.807, 2.05) is 0 Å². The molecule has 4 atom stereocenters. The third-order valence-electron chi connectivity index (χ3n) is 3.18. The highest BCUT2D eigenvalue weighted by molar-refractivity contribution is 7.71. The van der Waals surface area contributed by atoms with Crippen molar-refractivity contribution in [3.05, 3.63) is 16.8 Å². The minimum Gasteiger partial charge on any atom is -0.394 e. The van der Waals surface area contributed by atoms with Gasteiger partial charge >= 0.3 is 0 Å². The Bertz CT molecular complexity index is 572. The van der Waals surface area contributed by atoms with E-state index in [1.165, 1.54) is 0 Å². The van der Waals surface area contributed by atoms with Crippen molar-refractivity contribution in [2.24, 2.45) is 0 Å². The van der Waals surface area contributed by atoms with E-state index >= 15 is 0 Å². The lowest BCUT2D eigenvalue weighted by atomic mass is 9.95. The number of hydrogen-bond donors (Lipinski definition) is 4. The van der Waals surface area contributed by atoms with E-state index in [4.69, 9.17) is 27.8 Å². The summed E-state index contributed by atoms with van der Waals surface area (Å²) in [4.78, 5) is 3.52. The quantitative estimate of drug-likeness (QED) is 0.545. The number of aromatic nitrogens is 2. The molecule has 1 aromatic rings. The van der Waals surface area contributed by atoms with Crippen molar-refractivity contribution in [2.75, 3.05) is 19.0 Å². The molecule has 5 N–H and O–H groups in total. The Morgan fingerprint density at radius 3 is 2.80 bits per heavy atom. The van der Waals surface area contributed by atoms with Crippen LogP contribution in [-0.2, 0) is 4.74 Å². The fourth-order valence-corrected chi connectivity index (χ4v) is 2.29. The molecule has 1 aromatic heterocycles. The summed E-state index contributed by atoms with van der Waals surface area (Å²) in [6.07, 6.45) is -3.68. The van der Waals surface area contributed by atoms with Gasteiger partial charge in [0.1, 0.15) is 18.9 Å². The van der Waals surface area contributed by atoms with Crippen molar-refractivity contribution in [3.8, 4) is 0 Å². The lowest BCUT2D eigenvalue weighted by Gasteiger charge is -2.29. The average molecular weight is 309 g/mol. The highest BCUT2D eigenvalue weighted by Crippen LogP contribution is 2.39. The lowest BCUT2D eigenvalue weighted by molar-refractivity contribution is -0.120. The molecule has 0 saturated carbocycles. The van der Waals surface area contributed by atoms with Gasteiger partial charge in [0.15, 0.2) is 23.5 Å². The van der Waals surface area contributed by atoms with Crippen LogP contribution in [0.2, 0.25) is 0 Å². The highest BCUT2D eigenvalue weighted by Gasteiger charge is 2.56. The van der Waals surface area contributed by atoms with E-state index in [2.05, 4.69) is 4.98 Å². The molecule has 10 heteroatoms. The van der Waals surface area contributed by atoms with Crippen molar-refractivity contribution >= 4 is 18.0 Å². The fraction of sp³-hybridized carbons (Fsp3) is 0.600. The largest absolute Gasteiger partial charge is 0.394 e. The number of nitrogen functional groups attached to an aromatic ring is 1. The number of aliphatic hydroxyl groups excluding tert-OH is 2. The van der Waals surface area contributed by atoms with Gasteiger partial charge in [-0.1, -0.05) is 0 Å². The molecular formula is C10H13F2N3O4S. The van der Waals surface area contributed by atoms with Gasteiger partial charge in [-0.05, 0) is 12.2 Å². The van der Waals surface area contributed by atoms with Gasteiger partial charge in [-0.2, -0.15) is 4.98 Å². The normalized spacial score (nSPS) is 33.5. The van der Waals surface area contributed by atoms with Crippen molar-refractivity contribution in [3.63, 3.8) is 0 Å². The van der Waals surface area contributed by atoms with Gasteiger partial charge in [0.2, 0.25) is 4.77 Å². The Morgan fingerprint density at radius 2 is 2.25 bits per heavy atom. The van der Waals surface area contributed by atoms with E-state index in [0.29, 0.717) is 0 Å². The number of alkyl halides is 1. The molecule has 2 rings (SSSR count). The Morgan fingerprint density at radius 1 is 1.60 bits per heavy atom. The van der Waals surface area contributed by atoms with Crippen molar-refractivity contribution in [2.45, 2.75) is 24.0 Å². The van der Waals surface area contributed by atoms with Crippen LogP contribution in [0, 0.1) is 10.6 Å². The molecule has 0 bridgehead atoms. The Labute approximate surface area is 117 Å². The van der Waals surface area contributed by atoms with Crippen LogP contribution in [0.15, 0.2) is 6.20 Å². The van der Waals surface area contributed by atoms with Gasteiger partial charge in [-0.25, -0.2) is 8.78 Å². The molecule has 2 heterocycles. The van der Waals surface area contributed by atoms with E-state index in [1.54, 1.807) is 0 Å². The molecule has 1 unspecified atom stereocenters. The molecular weight excluding hydrogens is 296 g/mol. The summed E-state index contributed by atoms with van der Waals surface area (Å²) < 4.78 is 32.3. The summed E-state index contributed by atoms with van der Waals surface area (Å²) in [6.45, 7) is -2.04. The van der Waals surface area contributed by atoms with Crippen LogP contribution >= 0.6 is 12.2 Å². The molecule has 0 aliphatic carbocycles. The zero-order chi connectivity index (χ0) is 15.1. The molecule has 1 aliphatic rings. The first-order valence-electron chi connectivity index (χ1n) is 5.62. The first-order chi connectivity index (χ1) is 9.35. The summed E-state index contributed by atoms with van der Waals surface area (Å²) >= 11 is 4.85. The smallest absolute Gasteiger partial charge is 0.203 e. The number of rotatable bonds is 3. The van der Waals surface area contributed by atoms with Crippen LogP contribution in [0.3, 0.4) is 0 Å². The number of anilines is 1.